The molecule has 0 bridgehead atoms. The third kappa shape index (κ3) is 6.03. The average molecular weight is 489 g/mol. The first-order chi connectivity index (χ1) is 17.2. The van der Waals surface area contributed by atoms with Crippen LogP contribution >= 0.6 is 0 Å². The maximum Gasteiger partial charge on any atom is 0.407 e. The molecule has 7 heteroatoms. The smallest absolute Gasteiger partial charge is 0.407 e. The van der Waals surface area contributed by atoms with Crippen LogP contribution in [-0.2, 0) is 20.7 Å². The maximum absolute atomic E-state index is 12.9. The summed E-state index contributed by atoms with van der Waals surface area (Å²) < 4.78 is 16.4. The van der Waals surface area contributed by atoms with Crippen molar-refractivity contribution < 1.29 is 23.8 Å². The molecule has 1 heterocycles. The number of hydrogen-bond donors (Lipinski definition) is 1. The third-order valence-corrected chi connectivity index (χ3v) is 6.05. The van der Waals surface area contributed by atoms with E-state index < -0.39 is 23.7 Å². The van der Waals surface area contributed by atoms with Crippen molar-refractivity contribution in [2.75, 3.05) is 13.7 Å². The summed E-state index contributed by atoms with van der Waals surface area (Å²) in [6.07, 6.45) is 3.49. The van der Waals surface area contributed by atoms with Crippen LogP contribution in [-0.4, -0.2) is 42.4 Å². The number of aromatic nitrogens is 1. The van der Waals surface area contributed by atoms with Crippen LogP contribution in [0.2, 0.25) is 0 Å². The second-order valence-electron chi connectivity index (χ2n) is 9.83. The fraction of sp³-hybridized carbons (Fsp3) is 0.345. The van der Waals surface area contributed by atoms with Gasteiger partial charge in [0.05, 0.1) is 13.3 Å². The molecule has 0 saturated heterocycles. The summed E-state index contributed by atoms with van der Waals surface area (Å²) in [4.78, 5) is 29.9. The second-order valence-corrected chi connectivity index (χ2v) is 9.83. The van der Waals surface area contributed by atoms with Crippen molar-refractivity contribution in [3.05, 3.63) is 83.7 Å². The van der Waals surface area contributed by atoms with Crippen molar-refractivity contribution in [3.63, 3.8) is 0 Å². The van der Waals surface area contributed by atoms with Crippen molar-refractivity contribution in [2.45, 2.75) is 51.2 Å². The molecular formula is C29H32N2O5. The Morgan fingerprint density at radius 2 is 1.64 bits per heavy atom. The number of amides is 1. The van der Waals surface area contributed by atoms with Crippen LogP contribution in [0.1, 0.15) is 49.8 Å². The number of aryl methyl sites for hydroxylation is 1. The van der Waals surface area contributed by atoms with Gasteiger partial charge in [0.25, 0.3) is 0 Å². The Labute approximate surface area is 211 Å². The predicted molar refractivity (Wildman–Crippen MR) is 137 cm³/mol. The summed E-state index contributed by atoms with van der Waals surface area (Å²) in [5.74, 6) is 0.0589. The number of rotatable bonds is 8. The van der Waals surface area contributed by atoms with E-state index in [4.69, 9.17) is 14.2 Å². The van der Waals surface area contributed by atoms with E-state index in [0.717, 1.165) is 27.8 Å². The van der Waals surface area contributed by atoms with Crippen molar-refractivity contribution in [2.24, 2.45) is 0 Å². The lowest BCUT2D eigenvalue weighted by Crippen LogP contribution is -2.45. The van der Waals surface area contributed by atoms with Crippen molar-refractivity contribution in [1.82, 2.24) is 10.3 Å². The molecule has 0 radical (unpaired) electrons. The molecule has 7 nitrogen and oxygen atoms in total. The van der Waals surface area contributed by atoms with Crippen LogP contribution < -0.4 is 10.1 Å². The molecule has 0 aliphatic heterocycles. The van der Waals surface area contributed by atoms with Gasteiger partial charge in [0, 0.05) is 12.1 Å². The lowest BCUT2D eigenvalue weighted by molar-refractivity contribution is -0.157. The van der Waals surface area contributed by atoms with Crippen molar-refractivity contribution in [1.29, 1.82) is 0 Å². The Morgan fingerprint density at radius 1 is 1.00 bits per heavy atom. The van der Waals surface area contributed by atoms with E-state index in [-0.39, 0.29) is 12.5 Å². The minimum Gasteiger partial charge on any atom is -0.495 e. The van der Waals surface area contributed by atoms with Gasteiger partial charge in [-0.05, 0) is 67.5 Å². The highest BCUT2D eigenvalue weighted by atomic mass is 16.6. The quantitative estimate of drug-likeness (QED) is 0.435. The molecule has 1 aromatic heterocycles. The molecule has 4 rings (SSSR count). The first-order valence-electron chi connectivity index (χ1n) is 12.1. The zero-order valence-electron chi connectivity index (χ0n) is 21.1. The molecule has 0 saturated carbocycles. The lowest BCUT2D eigenvalue weighted by atomic mass is 9.98. The second kappa shape index (κ2) is 10.8. The summed E-state index contributed by atoms with van der Waals surface area (Å²) >= 11 is 0. The topological polar surface area (TPSA) is 86.8 Å². The van der Waals surface area contributed by atoms with Crippen molar-refractivity contribution in [3.8, 4) is 16.9 Å². The van der Waals surface area contributed by atoms with E-state index in [9.17, 15) is 9.59 Å². The SMILES string of the molecule is COc1cncc(CCC(NC(=O)OCC2c3ccccc3-c3ccccc32)C(=O)OC(C)(C)C)c1. The molecule has 1 unspecified atom stereocenters. The normalized spacial score (nSPS) is 13.3. The molecular weight excluding hydrogens is 456 g/mol. The Bertz CT molecular complexity index is 1190. The average Bonchev–Trinajstić information content (AvgIpc) is 3.18. The molecule has 1 atom stereocenters. The maximum atomic E-state index is 12.9. The molecule has 1 N–H and O–H groups in total. The molecule has 188 valence electrons. The monoisotopic (exact) mass is 488 g/mol. The Balaban J connectivity index is 1.43. The van der Waals surface area contributed by atoms with Gasteiger partial charge >= 0.3 is 12.1 Å². The molecule has 0 fully saturated rings. The lowest BCUT2D eigenvalue weighted by Gasteiger charge is -2.24. The van der Waals surface area contributed by atoms with Crippen LogP contribution in [0.4, 0.5) is 4.79 Å². The minimum absolute atomic E-state index is 0.0639. The summed E-state index contributed by atoms with van der Waals surface area (Å²) in [7, 11) is 1.57. The predicted octanol–water partition coefficient (Wildman–Crippen LogP) is 5.27. The zero-order chi connectivity index (χ0) is 25.7. The number of benzene rings is 2. The number of esters is 1. The first-order valence-corrected chi connectivity index (χ1v) is 12.1. The van der Waals surface area contributed by atoms with E-state index in [1.807, 2.05) is 30.3 Å². The standard InChI is InChI=1S/C29H32N2O5/c1-29(2,3)36-27(32)26(14-13-19-15-20(34-4)17-30-16-19)31-28(33)35-18-25-23-11-7-5-9-21(23)22-10-6-8-12-24(22)25/h5-12,15-17,25-26H,13-14,18H2,1-4H3,(H,31,33). The van der Waals surface area contributed by atoms with Gasteiger partial charge in [-0.3, -0.25) is 4.98 Å². The van der Waals surface area contributed by atoms with E-state index in [0.29, 0.717) is 18.6 Å². The van der Waals surface area contributed by atoms with Crippen LogP contribution in [0.15, 0.2) is 67.0 Å². The minimum atomic E-state index is -0.869. The number of fused-ring (bicyclic) bond motifs is 3. The Kier molecular flexibility index (Phi) is 7.58. The summed E-state index contributed by atoms with van der Waals surface area (Å²) in [6, 6.07) is 17.3. The van der Waals surface area contributed by atoms with Crippen LogP contribution in [0, 0.1) is 0 Å². The number of alkyl carbamates (subject to hydrolysis) is 1. The highest BCUT2D eigenvalue weighted by molar-refractivity contribution is 5.82. The Hall–Kier alpha value is -3.87. The van der Waals surface area contributed by atoms with Crippen molar-refractivity contribution >= 4 is 12.1 Å². The van der Waals surface area contributed by atoms with E-state index in [2.05, 4.69) is 34.6 Å². The van der Waals surface area contributed by atoms with Gasteiger partial charge in [0.15, 0.2) is 0 Å². The van der Waals surface area contributed by atoms with Crippen LogP contribution in [0.3, 0.4) is 0 Å². The number of hydrogen-bond acceptors (Lipinski definition) is 6. The van der Waals surface area contributed by atoms with Gasteiger partial charge in [0.2, 0.25) is 0 Å². The third-order valence-electron chi connectivity index (χ3n) is 6.05. The van der Waals surface area contributed by atoms with Gasteiger partial charge in [-0.25, -0.2) is 9.59 Å². The van der Waals surface area contributed by atoms with E-state index >= 15 is 0 Å². The number of carbonyl (C=O) groups is 2. The summed E-state index contributed by atoms with van der Waals surface area (Å²) in [6.45, 7) is 5.55. The first kappa shape index (κ1) is 25.2. The molecule has 3 aromatic rings. The molecule has 1 aliphatic carbocycles. The van der Waals surface area contributed by atoms with E-state index in [1.165, 1.54) is 0 Å². The number of carbonyl (C=O) groups excluding carboxylic acids is 2. The van der Waals surface area contributed by atoms with Gasteiger partial charge in [-0.15, -0.1) is 0 Å². The molecule has 0 spiro atoms. The molecule has 36 heavy (non-hydrogen) atoms. The van der Waals surface area contributed by atoms with Gasteiger partial charge in [-0.1, -0.05) is 48.5 Å². The van der Waals surface area contributed by atoms with Gasteiger partial charge in [-0.2, -0.15) is 0 Å². The fourth-order valence-corrected chi connectivity index (χ4v) is 4.43. The van der Waals surface area contributed by atoms with Gasteiger partial charge < -0.3 is 19.5 Å². The number of nitrogens with one attached hydrogen (secondary N) is 1. The van der Waals surface area contributed by atoms with Gasteiger partial charge in [0.1, 0.15) is 24.0 Å². The number of nitrogens with zero attached hydrogens (tertiary/aromatic N) is 1. The highest BCUT2D eigenvalue weighted by Gasteiger charge is 2.31. The van der Waals surface area contributed by atoms with Crippen LogP contribution in [0.25, 0.3) is 11.1 Å². The largest absolute Gasteiger partial charge is 0.495 e. The summed E-state index contributed by atoms with van der Waals surface area (Å²) in [5, 5.41) is 2.72. The number of pyridine rings is 1. The molecule has 2 aromatic carbocycles. The number of methoxy groups -OCH3 is 1. The Morgan fingerprint density at radius 3 is 2.25 bits per heavy atom. The molecule has 1 amide bonds. The fourth-order valence-electron chi connectivity index (χ4n) is 4.43. The zero-order valence-corrected chi connectivity index (χ0v) is 21.1. The highest BCUT2D eigenvalue weighted by Crippen LogP contribution is 2.44. The van der Waals surface area contributed by atoms with Crippen LogP contribution in [0.5, 0.6) is 5.75 Å². The van der Waals surface area contributed by atoms with E-state index in [1.54, 1.807) is 40.3 Å². The molecule has 1 aliphatic rings. The number of ether oxygens (including phenoxy) is 3. The summed E-state index contributed by atoms with van der Waals surface area (Å²) in [5.41, 5.74) is 4.76.